The van der Waals surface area contributed by atoms with E-state index in [0.29, 0.717) is 6.42 Å². The van der Waals surface area contributed by atoms with Crippen molar-refractivity contribution in [3.63, 3.8) is 0 Å². The standard InChI is InChI=1S/C29H34N4O4S/c1-19-14-28(36)33(25-8-4-5-9-26(25)38-19)13-12-27(35)32-24(29(37)31-18-23(34)17-30)16-20-10-11-21-6-2-3-7-22(21)15-20/h2-11,15,19,23-24,34H,12-14,16-18,30H2,1H3,(H,31,37)(H,32,35)/t19?,23?,24-/m1/s1. The molecule has 0 fully saturated rings. The Labute approximate surface area is 227 Å². The van der Waals surface area contributed by atoms with Crippen LogP contribution in [0.5, 0.6) is 0 Å². The van der Waals surface area contributed by atoms with Gasteiger partial charge in [-0.2, -0.15) is 0 Å². The van der Waals surface area contributed by atoms with Gasteiger partial charge >= 0.3 is 0 Å². The van der Waals surface area contributed by atoms with Crippen LogP contribution in [-0.4, -0.2) is 59.9 Å². The Morgan fingerprint density at radius 3 is 2.63 bits per heavy atom. The van der Waals surface area contributed by atoms with Crippen molar-refractivity contribution in [2.24, 2.45) is 5.73 Å². The van der Waals surface area contributed by atoms with Gasteiger partial charge in [-0.05, 0) is 28.5 Å². The van der Waals surface area contributed by atoms with Crippen molar-refractivity contribution in [1.82, 2.24) is 10.6 Å². The summed E-state index contributed by atoms with van der Waals surface area (Å²) in [5, 5.41) is 17.6. The Morgan fingerprint density at radius 2 is 1.84 bits per heavy atom. The molecule has 0 aromatic heterocycles. The van der Waals surface area contributed by atoms with Gasteiger partial charge in [0.1, 0.15) is 6.04 Å². The second-order valence-corrected chi connectivity index (χ2v) is 11.0. The molecule has 5 N–H and O–H groups in total. The summed E-state index contributed by atoms with van der Waals surface area (Å²) < 4.78 is 0. The highest BCUT2D eigenvalue weighted by atomic mass is 32.2. The van der Waals surface area contributed by atoms with E-state index in [4.69, 9.17) is 5.73 Å². The van der Waals surface area contributed by atoms with Gasteiger partial charge in [-0.15, -0.1) is 11.8 Å². The molecule has 38 heavy (non-hydrogen) atoms. The van der Waals surface area contributed by atoms with E-state index in [2.05, 4.69) is 10.6 Å². The quantitative estimate of drug-likeness (QED) is 0.317. The molecule has 1 aliphatic heterocycles. The minimum Gasteiger partial charge on any atom is -0.390 e. The number of hydrogen-bond donors (Lipinski definition) is 4. The molecule has 0 radical (unpaired) electrons. The molecule has 0 aliphatic carbocycles. The molecule has 1 aliphatic rings. The summed E-state index contributed by atoms with van der Waals surface area (Å²) in [5.41, 5.74) is 7.16. The zero-order chi connectivity index (χ0) is 27.1. The fourth-order valence-electron chi connectivity index (χ4n) is 4.49. The highest BCUT2D eigenvalue weighted by Crippen LogP contribution is 2.37. The monoisotopic (exact) mass is 534 g/mol. The number of fused-ring (bicyclic) bond motifs is 2. The molecule has 0 spiro atoms. The van der Waals surface area contributed by atoms with E-state index in [0.717, 1.165) is 26.9 Å². The van der Waals surface area contributed by atoms with E-state index >= 15 is 0 Å². The minimum absolute atomic E-state index is 0.00562. The van der Waals surface area contributed by atoms with Gasteiger partial charge < -0.3 is 26.4 Å². The number of carbonyl (C=O) groups excluding carboxylic acids is 3. The SMILES string of the molecule is CC1CC(=O)N(CCC(=O)N[C@H](Cc2ccc3ccccc3c2)C(=O)NCC(O)CN)c2ccccc2S1. The molecule has 0 saturated carbocycles. The number of amides is 3. The lowest BCUT2D eigenvalue weighted by Gasteiger charge is -2.24. The highest BCUT2D eigenvalue weighted by molar-refractivity contribution is 8.00. The van der Waals surface area contributed by atoms with Crippen molar-refractivity contribution in [2.75, 3.05) is 24.5 Å². The third kappa shape index (κ3) is 7.12. The van der Waals surface area contributed by atoms with Crippen molar-refractivity contribution < 1.29 is 19.5 Å². The van der Waals surface area contributed by atoms with Crippen LogP contribution in [0.3, 0.4) is 0 Å². The molecular weight excluding hydrogens is 500 g/mol. The third-order valence-electron chi connectivity index (χ3n) is 6.50. The van der Waals surface area contributed by atoms with Crippen LogP contribution >= 0.6 is 11.8 Å². The fourth-order valence-corrected chi connectivity index (χ4v) is 5.60. The molecule has 8 nitrogen and oxygen atoms in total. The Bertz CT molecular complexity index is 1300. The van der Waals surface area contributed by atoms with Crippen molar-refractivity contribution >= 4 is 45.9 Å². The number of nitrogens with one attached hydrogen (secondary N) is 2. The van der Waals surface area contributed by atoms with Crippen LogP contribution in [0.15, 0.2) is 71.6 Å². The summed E-state index contributed by atoms with van der Waals surface area (Å²) in [5.74, 6) is -0.759. The molecule has 200 valence electrons. The van der Waals surface area contributed by atoms with Gasteiger partial charge in [-0.3, -0.25) is 14.4 Å². The number of anilines is 1. The first-order valence-electron chi connectivity index (χ1n) is 12.8. The van der Waals surface area contributed by atoms with Crippen molar-refractivity contribution in [1.29, 1.82) is 0 Å². The number of carbonyl (C=O) groups is 3. The number of thioether (sulfide) groups is 1. The largest absolute Gasteiger partial charge is 0.390 e. The number of aliphatic hydroxyl groups excluding tert-OH is 1. The van der Waals surface area contributed by atoms with Crippen LogP contribution in [-0.2, 0) is 20.8 Å². The normalized spacial score (nSPS) is 16.9. The van der Waals surface area contributed by atoms with E-state index in [1.807, 2.05) is 73.7 Å². The van der Waals surface area contributed by atoms with Gasteiger partial charge in [0.15, 0.2) is 0 Å². The predicted molar refractivity (Wildman–Crippen MR) is 151 cm³/mol. The fraction of sp³-hybridized carbons (Fsp3) is 0.345. The summed E-state index contributed by atoms with van der Waals surface area (Å²) in [6.45, 7) is 2.25. The molecule has 0 bridgehead atoms. The Hall–Kier alpha value is -3.40. The zero-order valence-corrected chi connectivity index (χ0v) is 22.2. The van der Waals surface area contributed by atoms with Gasteiger partial charge in [0.05, 0.1) is 11.8 Å². The smallest absolute Gasteiger partial charge is 0.243 e. The molecule has 3 aromatic rings. The summed E-state index contributed by atoms with van der Waals surface area (Å²) in [6, 6.07) is 20.7. The number of aliphatic hydroxyl groups is 1. The molecule has 1 heterocycles. The van der Waals surface area contributed by atoms with Gasteiger partial charge in [0.25, 0.3) is 0 Å². The van der Waals surface area contributed by atoms with Crippen LogP contribution < -0.4 is 21.3 Å². The van der Waals surface area contributed by atoms with E-state index < -0.39 is 18.1 Å². The topological polar surface area (TPSA) is 125 Å². The molecule has 3 aromatic carbocycles. The van der Waals surface area contributed by atoms with Crippen molar-refractivity contribution in [2.45, 2.75) is 48.5 Å². The van der Waals surface area contributed by atoms with E-state index in [1.54, 1.807) is 16.7 Å². The van der Waals surface area contributed by atoms with Crippen molar-refractivity contribution in [3.05, 3.63) is 72.3 Å². The average molecular weight is 535 g/mol. The lowest BCUT2D eigenvalue weighted by Crippen LogP contribution is -2.50. The second kappa shape index (κ2) is 12.9. The van der Waals surface area contributed by atoms with Gasteiger partial charge in [-0.1, -0.05) is 61.5 Å². The zero-order valence-electron chi connectivity index (χ0n) is 21.4. The maximum absolute atomic E-state index is 13.1. The maximum Gasteiger partial charge on any atom is 0.243 e. The first-order valence-corrected chi connectivity index (χ1v) is 13.7. The van der Waals surface area contributed by atoms with Crippen LogP contribution in [0, 0.1) is 0 Å². The first kappa shape index (κ1) is 27.6. The Morgan fingerprint density at radius 1 is 1.11 bits per heavy atom. The van der Waals surface area contributed by atoms with E-state index in [-0.39, 0.29) is 49.5 Å². The number of rotatable bonds is 10. The summed E-state index contributed by atoms with van der Waals surface area (Å²) >= 11 is 1.66. The minimum atomic E-state index is -0.870. The van der Waals surface area contributed by atoms with Crippen LogP contribution in [0.4, 0.5) is 5.69 Å². The molecule has 4 rings (SSSR count). The first-order chi connectivity index (χ1) is 18.3. The molecular formula is C29H34N4O4S. The third-order valence-corrected chi connectivity index (χ3v) is 7.67. The van der Waals surface area contributed by atoms with Crippen LogP contribution in [0.2, 0.25) is 0 Å². The Kier molecular flexibility index (Phi) is 9.38. The number of hydrogen-bond acceptors (Lipinski definition) is 6. The molecule has 9 heteroatoms. The summed E-state index contributed by atoms with van der Waals surface area (Å²) in [4.78, 5) is 41.7. The summed E-state index contributed by atoms with van der Waals surface area (Å²) in [6.07, 6.45) is -0.158. The lowest BCUT2D eigenvalue weighted by atomic mass is 10.0. The molecule has 3 atom stereocenters. The second-order valence-electron chi connectivity index (χ2n) is 9.54. The van der Waals surface area contributed by atoms with E-state index in [1.165, 1.54) is 0 Å². The van der Waals surface area contributed by atoms with Gasteiger partial charge in [0.2, 0.25) is 17.7 Å². The number of benzene rings is 3. The number of nitrogens with zero attached hydrogens (tertiary/aromatic N) is 1. The molecule has 2 unspecified atom stereocenters. The molecule has 0 saturated heterocycles. The van der Waals surface area contributed by atoms with Crippen LogP contribution in [0.25, 0.3) is 10.8 Å². The average Bonchev–Trinajstić information content (AvgIpc) is 3.03. The lowest BCUT2D eigenvalue weighted by molar-refractivity contribution is -0.129. The van der Waals surface area contributed by atoms with E-state index in [9.17, 15) is 19.5 Å². The highest BCUT2D eigenvalue weighted by Gasteiger charge is 2.27. The molecule has 3 amide bonds. The van der Waals surface area contributed by atoms with Crippen molar-refractivity contribution in [3.8, 4) is 0 Å². The van der Waals surface area contributed by atoms with Crippen LogP contribution in [0.1, 0.15) is 25.3 Å². The van der Waals surface area contributed by atoms with Gasteiger partial charge in [-0.25, -0.2) is 0 Å². The predicted octanol–water partition coefficient (Wildman–Crippen LogP) is 2.61. The summed E-state index contributed by atoms with van der Waals surface area (Å²) in [7, 11) is 0. The van der Waals surface area contributed by atoms with Gasteiger partial charge in [0, 0.05) is 49.0 Å². The number of nitrogens with two attached hydrogens (primary N) is 1. The Balaban J connectivity index is 1.46. The number of para-hydroxylation sites is 1. The maximum atomic E-state index is 13.1.